The van der Waals surface area contributed by atoms with Crippen molar-refractivity contribution < 1.29 is 33.4 Å². The Labute approximate surface area is 202 Å². The van der Waals surface area contributed by atoms with Gasteiger partial charge in [-0.05, 0) is 31.4 Å². The number of ether oxygens (including phenoxy) is 2. The zero-order chi connectivity index (χ0) is 24.9. The summed E-state index contributed by atoms with van der Waals surface area (Å²) in [5.74, 6) is -2.13. The molecule has 0 spiro atoms. The molecular formula is C23H29N5O7. The summed E-state index contributed by atoms with van der Waals surface area (Å²) in [7, 11) is 0. The Bertz CT molecular complexity index is 1020. The second kappa shape index (κ2) is 10.8. The summed E-state index contributed by atoms with van der Waals surface area (Å²) >= 11 is 0. The maximum absolute atomic E-state index is 13.1. The van der Waals surface area contributed by atoms with Gasteiger partial charge in [-0.3, -0.25) is 29.4 Å². The Hall–Kier alpha value is -3.51. The van der Waals surface area contributed by atoms with Crippen LogP contribution >= 0.6 is 0 Å². The van der Waals surface area contributed by atoms with Crippen LogP contribution in [0.25, 0.3) is 0 Å². The van der Waals surface area contributed by atoms with Gasteiger partial charge in [0.05, 0.1) is 24.3 Å². The van der Waals surface area contributed by atoms with Crippen molar-refractivity contribution in [3.8, 4) is 0 Å². The van der Waals surface area contributed by atoms with Crippen LogP contribution in [-0.2, 0) is 19.1 Å². The Morgan fingerprint density at radius 3 is 2.57 bits per heavy atom. The largest absolute Gasteiger partial charge is 0.446 e. The maximum Gasteiger partial charge on any atom is 0.404 e. The number of hydrogen-bond acceptors (Lipinski definition) is 9. The van der Waals surface area contributed by atoms with Gasteiger partial charge in [-0.1, -0.05) is 6.07 Å². The van der Waals surface area contributed by atoms with Gasteiger partial charge < -0.3 is 25.4 Å². The van der Waals surface area contributed by atoms with E-state index in [1.165, 1.54) is 0 Å². The first kappa shape index (κ1) is 24.6. The summed E-state index contributed by atoms with van der Waals surface area (Å²) in [5.41, 5.74) is 6.01. The molecule has 1 aromatic carbocycles. The minimum absolute atomic E-state index is 0.0748. The second-order valence-electron chi connectivity index (χ2n) is 8.69. The molecule has 0 aromatic heterocycles. The summed E-state index contributed by atoms with van der Waals surface area (Å²) in [5, 5.41) is 5.34. The zero-order valence-electron chi connectivity index (χ0n) is 19.3. The van der Waals surface area contributed by atoms with E-state index in [1.807, 2.05) is 0 Å². The molecule has 0 radical (unpaired) electrons. The van der Waals surface area contributed by atoms with E-state index < -0.39 is 35.8 Å². The van der Waals surface area contributed by atoms with Crippen molar-refractivity contribution >= 4 is 35.4 Å². The Morgan fingerprint density at radius 2 is 1.86 bits per heavy atom. The highest BCUT2D eigenvalue weighted by Gasteiger charge is 2.45. The molecule has 12 nitrogen and oxygen atoms in total. The molecule has 0 bridgehead atoms. The topological polar surface area (TPSA) is 160 Å². The third-order valence-electron chi connectivity index (χ3n) is 6.40. The SMILES string of the molecule is NC(=O)OC1CCN(CCOCCNc2cccc3c2C(=O)N(C2CCC(=O)NC2=O)C3=O)CC1. The summed E-state index contributed by atoms with van der Waals surface area (Å²) < 4.78 is 10.7. The number of nitrogens with two attached hydrogens (primary N) is 1. The first-order valence-corrected chi connectivity index (χ1v) is 11.7. The van der Waals surface area contributed by atoms with E-state index in [1.54, 1.807) is 18.2 Å². The highest BCUT2D eigenvalue weighted by atomic mass is 16.6. The number of anilines is 1. The average Bonchev–Trinajstić information content (AvgIpc) is 3.07. The van der Waals surface area contributed by atoms with Crippen LogP contribution in [0.2, 0.25) is 0 Å². The average molecular weight is 488 g/mol. The fourth-order valence-electron chi connectivity index (χ4n) is 4.63. The molecule has 0 saturated carbocycles. The van der Waals surface area contributed by atoms with Crippen molar-refractivity contribution in [3.63, 3.8) is 0 Å². The molecule has 3 heterocycles. The predicted octanol–water partition coefficient (Wildman–Crippen LogP) is 0.0760. The van der Waals surface area contributed by atoms with Crippen LogP contribution in [-0.4, -0.2) is 91.1 Å². The summed E-state index contributed by atoms with van der Waals surface area (Å²) in [6.45, 7) is 3.69. The Balaban J connectivity index is 1.23. The number of nitrogens with one attached hydrogen (secondary N) is 2. The van der Waals surface area contributed by atoms with Crippen molar-refractivity contribution in [2.75, 3.05) is 44.7 Å². The molecule has 188 valence electrons. The van der Waals surface area contributed by atoms with Gasteiger partial charge in [0.25, 0.3) is 11.8 Å². The standard InChI is InChI=1S/C23H29N5O7/c24-23(33)35-14-6-9-27(10-7-14)11-13-34-12-8-25-16-3-1-2-15-19(16)22(32)28(21(15)31)17-4-5-18(29)26-20(17)30/h1-3,14,17,25H,4-13H2,(H2,24,33)(H,26,29,30). The normalized spacial score (nSPS) is 21.1. The number of carbonyl (C=O) groups is 5. The number of amides is 5. The van der Waals surface area contributed by atoms with Crippen LogP contribution in [0.3, 0.4) is 0 Å². The monoisotopic (exact) mass is 487 g/mol. The lowest BCUT2D eigenvalue weighted by molar-refractivity contribution is -0.136. The molecule has 2 saturated heterocycles. The number of primary amides is 1. The molecule has 4 rings (SSSR count). The molecule has 12 heteroatoms. The lowest BCUT2D eigenvalue weighted by Crippen LogP contribution is -2.54. The zero-order valence-corrected chi connectivity index (χ0v) is 19.3. The molecular weight excluding hydrogens is 458 g/mol. The quantitative estimate of drug-likeness (QED) is 0.324. The molecule has 1 aromatic rings. The van der Waals surface area contributed by atoms with E-state index in [0.29, 0.717) is 25.4 Å². The van der Waals surface area contributed by atoms with Gasteiger partial charge in [-0.25, -0.2) is 4.79 Å². The van der Waals surface area contributed by atoms with Gasteiger partial charge in [0, 0.05) is 38.3 Å². The molecule has 3 aliphatic heterocycles. The van der Waals surface area contributed by atoms with Crippen LogP contribution < -0.4 is 16.4 Å². The number of fused-ring (bicyclic) bond motifs is 1. The molecule has 5 amide bonds. The van der Waals surface area contributed by atoms with Crippen LogP contribution in [0, 0.1) is 0 Å². The van der Waals surface area contributed by atoms with Crippen LogP contribution in [0.4, 0.5) is 10.5 Å². The molecule has 2 fully saturated rings. The van der Waals surface area contributed by atoms with Gasteiger partial charge in [0.1, 0.15) is 12.1 Å². The minimum atomic E-state index is -0.997. The Kier molecular flexibility index (Phi) is 7.61. The third-order valence-corrected chi connectivity index (χ3v) is 6.40. The smallest absolute Gasteiger partial charge is 0.404 e. The first-order valence-electron chi connectivity index (χ1n) is 11.7. The second-order valence-corrected chi connectivity index (χ2v) is 8.69. The number of imide groups is 2. The predicted molar refractivity (Wildman–Crippen MR) is 123 cm³/mol. The van der Waals surface area contributed by atoms with E-state index in [9.17, 15) is 24.0 Å². The first-order chi connectivity index (χ1) is 16.8. The van der Waals surface area contributed by atoms with E-state index in [0.717, 1.165) is 37.4 Å². The van der Waals surface area contributed by atoms with Crippen molar-refractivity contribution in [2.24, 2.45) is 5.73 Å². The summed E-state index contributed by atoms with van der Waals surface area (Å²) in [6.07, 6.45) is 0.812. The number of likely N-dealkylation sites (tertiary alicyclic amines) is 1. The third kappa shape index (κ3) is 5.60. The number of carbonyl (C=O) groups excluding carboxylic acids is 5. The van der Waals surface area contributed by atoms with Crippen molar-refractivity contribution in [1.82, 2.24) is 15.1 Å². The van der Waals surface area contributed by atoms with Gasteiger partial charge >= 0.3 is 6.09 Å². The molecule has 35 heavy (non-hydrogen) atoms. The lowest BCUT2D eigenvalue weighted by atomic mass is 10.0. The van der Waals surface area contributed by atoms with Crippen molar-refractivity contribution in [3.05, 3.63) is 29.3 Å². The highest BCUT2D eigenvalue weighted by molar-refractivity contribution is 6.25. The number of benzene rings is 1. The number of nitrogens with zero attached hydrogens (tertiary/aromatic N) is 2. The molecule has 0 aliphatic carbocycles. The minimum Gasteiger partial charge on any atom is -0.446 e. The highest BCUT2D eigenvalue weighted by Crippen LogP contribution is 2.32. The fraction of sp³-hybridized carbons (Fsp3) is 0.522. The fourth-order valence-corrected chi connectivity index (χ4v) is 4.63. The van der Waals surface area contributed by atoms with E-state index >= 15 is 0 Å². The molecule has 1 unspecified atom stereocenters. The van der Waals surface area contributed by atoms with Gasteiger partial charge in [-0.15, -0.1) is 0 Å². The van der Waals surface area contributed by atoms with Crippen LogP contribution in [0.5, 0.6) is 0 Å². The van der Waals surface area contributed by atoms with Gasteiger partial charge in [-0.2, -0.15) is 0 Å². The van der Waals surface area contributed by atoms with Crippen LogP contribution in [0.1, 0.15) is 46.4 Å². The number of piperidine rings is 2. The Morgan fingerprint density at radius 1 is 1.09 bits per heavy atom. The van der Waals surface area contributed by atoms with E-state index in [-0.39, 0.29) is 30.1 Å². The van der Waals surface area contributed by atoms with Gasteiger partial charge in [0.2, 0.25) is 11.8 Å². The van der Waals surface area contributed by atoms with Crippen molar-refractivity contribution in [1.29, 1.82) is 0 Å². The maximum atomic E-state index is 13.1. The van der Waals surface area contributed by atoms with Crippen molar-refractivity contribution in [2.45, 2.75) is 37.8 Å². The number of hydrogen-bond donors (Lipinski definition) is 3. The molecule has 3 aliphatic rings. The molecule has 4 N–H and O–H groups in total. The van der Waals surface area contributed by atoms with E-state index in [4.69, 9.17) is 15.2 Å². The van der Waals surface area contributed by atoms with E-state index in [2.05, 4.69) is 15.5 Å². The summed E-state index contributed by atoms with van der Waals surface area (Å²) in [4.78, 5) is 63.6. The van der Waals surface area contributed by atoms with Crippen LogP contribution in [0.15, 0.2) is 18.2 Å². The lowest BCUT2D eigenvalue weighted by Gasteiger charge is -2.31. The molecule has 1 atom stereocenters. The van der Waals surface area contributed by atoms with Gasteiger partial charge in [0.15, 0.2) is 0 Å². The number of rotatable bonds is 9. The summed E-state index contributed by atoms with van der Waals surface area (Å²) in [6, 6.07) is 3.94.